The van der Waals surface area contributed by atoms with Crippen molar-refractivity contribution in [3.8, 4) is 0 Å². The molecule has 0 bridgehead atoms. The van der Waals surface area contributed by atoms with Crippen molar-refractivity contribution in [1.29, 1.82) is 0 Å². The maximum absolute atomic E-state index is 2.34. The zero-order valence-electron chi connectivity index (χ0n) is 9.00. The molecule has 1 rings (SSSR count). The molecule has 0 aromatic carbocycles. The molecule has 0 N–H and O–H groups in total. The predicted octanol–water partition coefficient (Wildman–Crippen LogP) is 4.34. The van der Waals surface area contributed by atoms with Gasteiger partial charge in [0.15, 0.2) is 0 Å². The fourth-order valence-corrected chi connectivity index (χ4v) is 6.56. The van der Waals surface area contributed by atoms with Gasteiger partial charge in [-0.1, -0.05) is 41.5 Å². The predicted molar refractivity (Wildman–Crippen MR) is 62.8 cm³/mol. The van der Waals surface area contributed by atoms with E-state index in [9.17, 15) is 0 Å². The van der Waals surface area contributed by atoms with Crippen molar-refractivity contribution >= 4 is 15.7 Å². The molecule has 0 nitrogen and oxygen atoms in total. The molecule has 0 aliphatic heterocycles. The molecule has 0 amide bonds. The van der Waals surface area contributed by atoms with Gasteiger partial charge in [-0.3, -0.25) is 0 Å². The highest BCUT2D eigenvalue weighted by Gasteiger charge is 2.27. The van der Waals surface area contributed by atoms with Crippen molar-refractivity contribution in [1.82, 2.24) is 0 Å². The molecule has 0 aliphatic carbocycles. The van der Waals surface area contributed by atoms with E-state index in [0.29, 0.717) is 10.8 Å². The summed E-state index contributed by atoms with van der Waals surface area (Å²) in [6.07, 6.45) is 0. The van der Waals surface area contributed by atoms with Gasteiger partial charge in [0.05, 0.1) is 0 Å². The Morgan fingerprint density at radius 3 is 1.00 bits per heavy atom. The summed E-state index contributed by atoms with van der Waals surface area (Å²) in [5, 5.41) is 3.49. The lowest BCUT2D eigenvalue weighted by molar-refractivity contribution is 0.549. The van der Waals surface area contributed by atoms with E-state index >= 15 is 0 Å². The van der Waals surface area contributed by atoms with Crippen molar-refractivity contribution in [2.45, 2.75) is 52.4 Å². The lowest BCUT2D eigenvalue weighted by Crippen LogP contribution is -2.20. The van der Waals surface area contributed by atoms with Gasteiger partial charge in [-0.15, -0.1) is 15.7 Å². The summed E-state index contributed by atoms with van der Waals surface area (Å²) in [7, 11) is 2.25. The molecule has 2 unspecified atom stereocenters. The number of rotatable bonds is 0. The van der Waals surface area contributed by atoms with Crippen LogP contribution in [-0.2, 0) is 10.8 Å². The minimum Gasteiger partial charge on any atom is -0.118 e. The Hall–Kier alpha value is 0.340. The maximum Gasteiger partial charge on any atom is -0.00878 e. The molecule has 70 valence electrons. The van der Waals surface area contributed by atoms with E-state index < -0.39 is 0 Å². The standard InChI is InChI=1S/C10H20P2/c1-9(2,3)7-8(12-11-7)10(4,5)6/h11-12H,1-6H3. The van der Waals surface area contributed by atoms with Gasteiger partial charge in [-0.2, -0.15) is 0 Å². The minimum atomic E-state index is 0.423. The molecule has 1 aromatic heterocycles. The minimum absolute atomic E-state index is 0.423. The monoisotopic (exact) mass is 202 g/mol. The van der Waals surface area contributed by atoms with Gasteiger partial charge < -0.3 is 0 Å². The topological polar surface area (TPSA) is 0 Å². The lowest BCUT2D eigenvalue weighted by atomic mass is 9.86. The van der Waals surface area contributed by atoms with Gasteiger partial charge in [-0.05, 0) is 21.4 Å². The lowest BCUT2D eigenvalue weighted by Gasteiger charge is -2.32. The summed E-state index contributed by atoms with van der Waals surface area (Å²) in [5.74, 6) is 0. The Labute approximate surface area is 79.2 Å². The average Bonchev–Trinajstić information content (AvgIpc) is 1.46. The molecule has 0 spiro atoms. The van der Waals surface area contributed by atoms with E-state index in [1.807, 2.05) is 0 Å². The largest absolute Gasteiger partial charge is 0.118 e. The fourth-order valence-electron chi connectivity index (χ4n) is 1.31. The first-order valence-corrected chi connectivity index (χ1v) is 7.50. The van der Waals surface area contributed by atoms with E-state index in [1.54, 1.807) is 10.6 Å². The highest BCUT2D eigenvalue weighted by Crippen LogP contribution is 2.51. The fraction of sp³-hybridized carbons (Fsp3) is 0.800. The van der Waals surface area contributed by atoms with E-state index in [4.69, 9.17) is 0 Å². The molecule has 0 fully saturated rings. The van der Waals surface area contributed by atoms with Crippen LogP contribution >= 0.6 is 15.7 Å². The van der Waals surface area contributed by atoms with Crippen LogP contribution in [0.25, 0.3) is 0 Å². The first-order valence-electron chi connectivity index (χ1n) is 4.50. The quantitative estimate of drug-likeness (QED) is 0.586. The summed E-state index contributed by atoms with van der Waals surface area (Å²) in [6.45, 7) is 14.0. The van der Waals surface area contributed by atoms with Crippen LogP contribution in [0, 0.1) is 0 Å². The number of hydrogen-bond donors (Lipinski definition) is 0. The first-order chi connectivity index (χ1) is 5.23. The summed E-state index contributed by atoms with van der Waals surface area (Å²) in [6, 6.07) is 0. The van der Waals surface area contributed by atoms with Crippen LogP contribution in [0.4, 0.5) is 0 Å². The zero-order valence-corrected chi connectivity index (χ0v) is 11.0. The highest BCUT2D eigenvalue weighted by molar-refractivity contribution is 7.93. The highest BCUT2D eigenvalue weighted by atomic mass is 31.8. The normalized spacial score (nSPS) is 15.2. The van der Waals surface area contributed by atoms with Crippen molar-refractivity contribution in [3.63, 3.8) is 0 Å². The van der Waals surface area contributed by atoms with Crippen molar-refractivity contribution in [2.24, 2.45) is 0 Å². The molecule has 1 heterocycles. The van der Waals surface area contributed by atoms with Gasteiger partial charge in [0.1, 0.15) is 0 Å². The second kappa shape index (κ2) is 2.93. The van der Waals surface area contributed by atoms with Crippen LogP contribution in [0.2, 0.25) is 0 Å². The second-order valence-electron chi connectivity index (χ2n) is 5.50. The Morgan fingerprint density at radius 1 is 0.667 bits per heavy atom. The molecule has 0 saturated carbocycles. The van der Waals surface area contributed by atoms with Crippen molar-refractivity contribution in [3.05, 3.63) is 10.6 Å². The summed E-state index contributed by atoms with van der Waals surface area (Å²) >= 11 is 0. The van der Waals surface area contributed by atoms with Crippen LogP contribution < -0.4 is 0 Å². The van der Waals surface area contributed by atoms with Gasteiger partial charge in [-0.25, -0.2) is 0 Å². The molecule has 2 heteroatoms. The first kappa shape index (κ1) is 10.4. The van der Waals surface area contributed by atoms with Gasteiger partial charge in [0.25, 0.3) is 0 Å². The van der Waals surface area contributed by atoms with Crippen LogP contribution in [0.1, 0.15) is 52.1 Å². The average molecular weight is 202 g/mol. The summed E-state index contributed by atoms with van der Waals surface area (Å²) < 4.78 is 0. The third-order valence-corrected chi connectivity index (χ3v) is 6.81. The van der Waals surface area contributed by atoms with E-state index in [1.165, 1.54) is 0 Å². The molecule has 1 aromatic rings. The van der Waals surface area contributed by atoms with E-state index in [2.05, 4.69) is 41.5 Å². The van der Waals surface area contributed by atoms with Crippen LogP contribution in [0.15, 0.2) is 0 Å². The van der Waals surface area contributed by atoms with E-state index in [0.717, 1.165) is 15.7 Å². The Morgan fingerprint density at radius 2 is 0.917 bits per heavy atom. The molecular weight excluding hydrogens is 182 g/mol. The number of hydrogen-bond acceptors (Lipinski definition) is 0. The Kier molecular flexibility index (Phi) is 2.54. The maximum atomic E-state index is 2.34. The van der Waals surface area contributed by atoms with Crippen molar-refractivity contribution < 1.29 is 0 Å². The van der Waals surface area contributed by atoms with Gasteiger partial charge in [0, 0.05) is 0 Å². The van der Waals surface area contributed by atoms with Crippen LogP contribution in [0.5, 0.6) is 0 Å². The molecule has 0 radical (unpaired) electrons. The molecule has 2 atom stereocenters. The zero-order chi connectivity index (χ0) is 9.57. The molecule has 12 heavy (non-hydrogen) atoms. The second-order valence-corrected chi connectivity index (χ2v) is 8.50. The van der Waals surface area contributed by atoms with Gasteiger partial charge >= 0.3 is 0 Å². The summed E-state index contributed by atoms with van der Waals surface area (Å²) in [5.41, 5.74) is 0.846. The molecular formula is C10H20P2. The Balaban J connectivity index is 2.96. The van der Waals surface area contributed by atoms with Gasteiger partial charge in [0.2, 0.25) is 0 Å². The molecule has 0 aliphatic rings. The third kappa shape index (κ3) is 1.98. The van der Waals surface area contributed by atoms with Crippen molar-refractivity contribution in [2.75, 3.05) is 0 Å². The SMILES string of the molecule is CC(C)(C)c1[pH][pH]c1C(C)(C)C. The van der Waals surface area contributed by atoms with E-state index in [-0.39, 0.29) is 0 Å². The van der Waals surface area contributed by atoms with Crippen LogP contribution in [-0.4, -0.2) is 0 Å². The smallest absolute Gasteiger partial charge is 0.00878 e. The Bertz CT molecular complexity index is 225. The third-order valence-electron chi connectivity index (χ3n) is 2.06. The summed E-state index contributed by atoms with van der Waals surface area (Å²) in [4.78, 5) is 0. The molecule has 0 saturated heterocycles. The van der Waals surface area contributed by atoms with Crippen LogP contribution in [0.3, 0.4) is 0 Å².